The molecule has 0 radical (unpaired) electrons. The molecule has 0 saturated carbocycles. The summed E-state index contributed by atoms with van der Waals surface area (Å²) < 4.78 is 0. The van der Waals surface area contributed by atoms with Gasteiger partial charge in [0.1, 0.15) is 0 Å². The Morgan fingerprint density at radius 2 is 1.09 bits per heavy atom. The van der Waals surface area contributed by atoms with Gasteiger partial charge in [-0.1, -0.05) is 58.8 Å². The van der Waals surface area contributed by atoms with Gasteiger partial charge >= 0.3 is 149 Å². The van der Waals surface area contributed by atoms with Crippen molar-refractivity contribution in [2.24, 2.45) is 5.92 Å². The molecule has 3 heteroatoms. The average Bonchev–Trinajstić information content (AvgIpc) is 2.84. The maximum absolute atomic E-state index is 10.00. The predicted octanol–water partition coefficient (Wildman–Crippen LogP) is 9.12. The molecule has 1 aromatic rings. The summed E-state index contributed by atoms with van der Waals surface area (Å²) in [6.45, 7) is 4.75. The summed E-state index contributed by atoms with van der Waals surface area (Å²) in [6.07, 6.45) is 25.8. The van der Waals surface area contributed by atoms with Gasteiger partial charge in [-0.3, -0.25) is 0 Å². The molecule has 0 aliphatic heterocycles. The van der Waals surface area contributed by atoms with E-state index in [0.29, 0.717) is 0 Å². The van der Waals surface area contributed by atoms with Crippen LogP contribution in [0.1, 0.15) is 129 Å². The van der Waals surface area contributed by atoms with E-state index in [1.807, 2.05) is 6.07 Å². The Morgan fingerprint density at radius 3 is 1.58 bits per heavy atom. The van der Waals surface area contributed by atoms with Gasteiger partial charge in [-0.25, -0.2) is 0 Å². The van der Waals surface area contributed by atoms with Gasteiger partial charge < -0.3 is 0 Å². The summed E-state index contributed by atoms with van der Waals surface area (Å²) in [5, 5.41) is 20.0. The molecule has 194 valence electrons. The fraction of sp³-hybridized carbons (Fsp3) is 0.800. The van der Waals surface area contributed by atoms with Crippen LogP contribution in [-0.4, -0.2) is 29.1 Å². The number of aliphatic hydroxyl groups excluding tert-OH is 2. The van der Waals surface area contributed by atoms with Crippen LogP contribution in [0.15, 0.2) is 30.3 Å². The Kier molecular flexibility index (Phi) is 19.4. The van der Waals surface area contributed by atoms with E-state index >= 15 is 0 Å². The van der Waals surface area contributed by atoms with Crippen molar-refractivity contribution in [2.45, 2.75) is 129 Å². The van der Waals surface area contributed by atoms with Crippen LogP contribution in [0, 0.1) is 5.92 Å². The third-order valence-corrected chi connectivity index (χ3v) is 11.5. The molecule has 0 aromatic heterocycles. The third-order valence-electron chi connectivity index (χ3n) is 7.55. The van der Waals surface area contributed by atoms with E-state index in [2.05, 4.69) is 38.1 Å². The number of hydrogen-bond acceptors (Lipinski definition) is 2. The Hall–Kier alpha value is -0.430. The van der Waals surface area contributed by atoms with Crippen molar-refractivity contribution in [1.29, 1.82) is 0 Å². The van der Waals surface area contributed by atoms with Gasteiger partial charge in [0, 0.05) is 0 Å². The SMILES string of the molecule is CCCCCCCCC(C)CCCCCCCCCCC[PH](CO)(CO)Cc1ccccc1. The molecule has 0 saturated heterocycles. The van der Waals surface area contributed by atoms with Gasteiger partial charge in [0.25, 0.3) is 0 Å². The first-order valence-corrected chi connectivity index (χ1v) is 17.2. The molecular weight excluding hydrogens is 423 g/mol. The predicted molar refractivity (Wildman–Crippen MR) is 151 cm³/mol. The average molecular weight is 481 g/mol. The molecule has 0 aliphatic carbocycles. The Labute approximate surface area is 207 Å². The van der Waals surface area contributed by atoms with Gasteiger partial charge in [0.15, 0.2) is 0 Å². The summed E-state index contributed by atoms with van der Waals surface area (Å²) >= 11 is 0. The van der Waals surface area contributed by atoms with E-state index in [4.69, 9.17) is 0 Å². The normalized spacial score (nSPS) is 13.3. The zero-order valence-corrected chi connectivity index (χ0v) is 23.2. The summed E-state index contributed by atoms with van der Waals surface area (Å²) in [5.74, 6) is 0.923. The minimum atomic E-state index is -1.99. The Bertz CT molecular complexity index is 529. The van der Waals surface area contributed by atoms with E-state index < -0.39 is 7.26 Å². The molecule has 1 rings (SSSR count). The summed E-state index contributed by atoms with van der Waals surface area (Å²) in [7, 11) is -1.99. The number of rotatable bonds is 23. The summed E-state index contributed by atoms with van der Waals surface area (Å²) in [6, 6.07) is 10.4. The van der Waals surface area contributed by atoms with Gasteiger partial charge in [0.2, 0.25) is 0 Å². The van der Waals surface area contributed by atoms with E-state index in [1.165, 1.54) is 108 Å². The standard InChI is InChI=1S/C30H57O2P/c1-3-4-5-6-12-16-21-29(2)22-17-13-10-8-7-9-11-14-20-25-33(27-31,28-32)26-30-23-18-15-19-24-30/h15,18-19,23-24,29,31-33H,3-14,16-17,20-22,25-28H2,1-2H3. The second-order valence-corrected chi connectivity index (χ2v) is 15.3. The third kappa shape index (κ3) is 16.0. The van der Waals surface area contributed by atoms with E-state index in [-0.39, 0.29) is 12.7 Å². The molecule has 0 amide bonds. The number of hydrogen-bond donors (Lipinski definition) is 2. The van der Waals surface area contributed by atoms with Crippen LogP contribution in [0.2, 0.25) is 0 Å². The van der Waals surface area contributed by atoms with Crippen LogP contribution in [-0.2, 0) is 6.16 Å². The summed E-state index contributed by atoms with van der Waals surface area (Å²) in [5.41, 5.74) is 1.27. The minimum absolute atomic E-state index is 0.204. The van der Waals surface area contributed by atoms with E-state index in [9.17, 15) is 10.2 Å². The van der Waals surface area contributed by atoms with Crippen molar-refractivity contribution in [3.8, 4) is 0 Å². The van der Waals surface area contributed by atoms with Crippen LogP contribution in [0.3, 0.4) is 0 Å². The fourth-order valence-corrected chi connectivity index (χ4v) is 8.00. The molecule has 1 atom stereocenters. The first-order valence-electron chi connectivity index (χ1n) is 14.4. The van der Waals surface area contributed by atoms with Crippen LogP contribution in [0.4, 0.5) is 0 Å². The second kappa shape index (κ2) is 20.9. The zero-order valence-electron chi connectivity index (χ0n) is 22.2. The van der Waals surface area contributed by atoms with E-state index in [1.54, 1.807) is 0 Å². The van der Waals surface area contributed by atoms with Gasteiger partial charge in [-0.05, 0) is 0 Å². The van der Waals surface area contributed by atoms with Crippen LogP contribution < -0.4 is 0 Å². The van der Waals surface area contributed by atoms with Crippen molar-refractivity contribution in [1.82, 2.24) is 0 Å². The van der Waals surface area contributed by atoms with Crippen molar-refractivity contribution >= 4 is 7.26 Å². The van der Waals surface area contributed by atoms with Crippen molar-refractivity contribution < 1.29 is 10.2 Å². The van der Waals surface area contributed by atoms with Gasteiger partial charge in [0.05, 0.1) is 0 Å². The topological polar surface area (TPSA) is 40.5 Å². The van der Waals surface area contributed by atoms with Crippen molar-refractivity contribution in [3.63, 3.8) is 0 Å². The quantitative estimate of drug-likeness (QED) is 0.121. The monoisotopic (exact) mass is 480 g/mol. The molecular formula is C30H57O2P. The van der Waals surface area contributed by atoms with Crippen LogP contribution >= 0.6 is 7.26 Å². The van der Waals surface area contributed by atoms with Crippen molar-refractivity contribution in [2.75, 3.05) is 18.9 Å². The summed E-state index contributed by atoms with van der Waals surface area (Å²) in [4.78, 5) is 0. The number of benzene rings is 1. The van der Waals surface area contributed by atoms with Crippen LogP contribution in [0.5, 0.6) is 0 Å². The van der Waals surface area contributed by atoms with Gasteiger partial charge in [-0.2, -0.15) is 0 Å². The van der Waals surface area contributed by atoms with Crippen molar-refractivity contribution in [3.05, 3.63) is 35.9 Å². The first kappa shape index (κ1) is 30.6. The maximum atomic E-state index is 10.00. The molecule has 0 heterocycles. The Balaban J connectivity index is 1.95. The molecule has 0 bridgehead atoms. The molecule has 0 fully saturated rings. The zero-order chi connectivity index (χ0) is 24.0. The fourth-order valence-electron chi connectivity index (χ4n) is 5.08. The van der Waals surface area contributed by atoms with Crippen LogP contribution in [0.25, 0.3) is 0 Å². The molecule has 0 spiro atoms. The first-order chi connectivity index (χ1) is 16.2. The molecule has 33 heavy (non-hydrogen) atoms. The number of aliphatic hydroxyl groups is 2. The molecule has 0 aliphatic rings. The van der Waals surface area contributed by atoms with Gasteiger partial charge in [-0.15, -0.1) is 0 Å². The molecule has 1 unspecified atom stereocenters. The molecule has 2 N–H and O–H groups in total. The number of unbranched alkanes of at least 4 members (excludes halogenated alkanes) is 13. The molecule has 1 aromatic carbocycles. The molecule has 2 nitrogen and oxygen atoms in total. The van der Waals surface area contributed by atoms with E-state index in [0.717, 1.165) is 24.7 Å². The second-order valence-electron chi connectivity index (χ2n) is 10.9. The Morgan fingerprint density at radius 1 is 0.636 bits per heavy atom.